The number of aromatic nitrogens is 1. The van der Waals surface area contributed by atoms with Crippen LogP contribution in [0.15, 0.2) is 41.8 Å². The number of thiazole rings is 1. The molecule has 0 spiro atoms. The number of anilines is 1. The summed E-state index contributed by atoms with van der Waals surface area (Å²) in [5.41, 5.74) is 0.936. The first kappa shape index (κ1) is 13.3. The lowest BCUT2D eigenvalue weighted by molar-refractivity contribution is -0.116. The molecule has 0 fully saturated rings. The number of hydrogen-bond acceptors (Lipinski definition) is 4. The Morgan fingerprint density at radius 1 is 1.20 bits per heavy atom. The highest BCUT2D eigenvalue weighted by Crippen LogP contribution is 2.25. The van der Waals surface area contributed by atoms with E-state index in [-0.39, 0.29) is 5.91 Å². The number of fused-ring (bicyclic) bond motifs is 1. The van der Waals surface area contributed by atoms with Crippen LogP contribution in [0.25, 0.3) is 10.2 Å². The Hall–Kier alpha value is -1.72. The third-order valence-corrected chi connectivity index (χ3v) is 4.84. The van der Waals surface area contributed by atoms with E-state index in [0.717, 1.165) is 23.1 Å². The Morgan fingerprint density at radius 3 is 2.90 bits per heavy atom. The van der Waals surface area contributed by atoms with E-state index < -0.39 is 0 Å². The highest BCUT2D eigenvalue weighted by atomic mass is 32.1. The number of carbonyl (C=O) groups is 1. The second-order valence-corrected chi connectivity index (χ2v) is 6.53. The second kappa shape index (κ2) is 6.15. The van der Waals surface area contributed by atoms with Crippen molar-refractivity contribution in [2.24, 2.45) is 0 Å². The summed E-state index contributed by atoms with van der Waals surface area (Å²) >= 11 is 3.26. The molecule has 5 heteroatoms. The molecule has 0 aliphatic heterocycles. The summed E-state index contributed by atoms with van der Waals surface area (Å²) in [5.74, 6) is 0.0422. The van der Waals surface area contributed by atoms with Gasteiger partial charge in [-0.05, 0) is 36.4 Å². The summed E-state index contributed by atoms with van der Waals surface area (Å²) in [7, 11) is 0. The average molecular weight is 302 g/mol. The van der Waals surface area contributed by atoms with Crippen LogP contribution in [0, 0.1) is 0 Å². The van der Waals surface area contributed by atoms with Crippen LogP contribution in [-0.2, 0) is 11.2 Å². The maximum atomic E-state index is 11.9. The van der Waals surface area contributed by atoms with Crippen molar-refractivity contribution in [2.45, 2.75) is 19.3 Å². The fourth-order valence-corrected chi connectivity index (χ4v) is 3.62. The predicted octanol–water partition coefficient (Wildman–Crippen LogP) is 4.32. The molecule has 3 nitrogen and oxygen atoms in total. The summed E-state index contributed by atoms with van der Waals surface area (Å²) in [5, 5.41) is 5.64. The number of hydrogen-bond donors (Lipinski definition) is 1. The third-order valence-electron chi connectivity index (χ3n) is 2.95. The summed E-state index contributed by atoms with van der Waals surface area (Å²) in [6.45, 7) is 0. The SMILES string of the molecule is O=C(CCCc1cccs1)Nc1nc2ccccc2s1. The van der Waals surface area contributed by atoms with Gasteiger partial charge in [-0.1, -0.05) is 29.5 Å². The van der Waals surface area contributed by atoms with Crippen molar-refractivity contribution < 1.29 is 4.79 Å². The molecule has 2 aromatic heterocycles. The number of amides is 1. The van der Waals surface area contributed by atoms with Crippen molar-refractivity contribution in [3.05, 3.63) is 46.7 Å². The van der Waals surface area contributed by atoms with Gasteiger partial charge in [-0.2, -0.15) is 0 Å². The molecule has 3 rings (SSSR count). The molecule has 3 aromatic rings. The molecule has 0 saturated carbocycles. The minimum Gasteiger partial charge on any atom is -0.302 e. The van der Waals surface area contributed by atoms with Gasteiger partial charge in [0, 0.05) is 11.3 Å². The highest BCUT2D eigenvalue weighted by molar-refractivity contribution is 7.22. The van der Waals surface area contributed by atoms with Crippen LogP contribution in [0.3, 0.4) is 0 Å². The Morgan fingerprint density at radius 2 is 2.10 bits per heavy atom. The topological polar surface area (TPSA) is 42.0 Å². The molecule has 1 aromatic carbocycles. The first-order valence-corrected chi connectivity index (χ1v) is 8.19. The minimum absolute atomic E-state index is 0.0422. The largest absolute Gasteiger partial charge is 0.302 e. The van der Waals surface area contributed by atoms with Crippen LogP contribution < -0.4 is 5.32 Å². The molecule has 1 N–H and O–H groups in total. The van der Waals surface area contributed by atoms with Crippen LogP contribution in [0.1, 0.15) is 17.7 Å². The average Bonchev–Trinajstić information content (AvgIpc) is 3.06. The Kier molecular flexibility index (Phi) is 4.08. The molecule has 0 aliphatic carbocycles. The van der Waals surface area contributed by atoms with Gasteiger partial charge >= 0.3 is 0 Å². The van der Waals surface area contributed by atoms with Gasteiger partial charge in [0.15, 0.2) is 5.13 Å². The van der Waals surface area contributed by atoms with Crippen molar-refractivity contribution in [3.63, 3.8) is 0 Å². The number of nitrogens with one attached hydrogen (secondary N) is 1. The van der Waals surface area contributed by atoms with E-state index in [1.165, 1.54) is 16.2 Å². The molecular formula is C15H14N2OS2. The van der Waals surface area contributed by atoms with Crippen molar-refractivity contribution in [2.75, 3.05) is 5.32 Å². The Labute approximate surface area is 125 Å². The number of benzene rings is 1. The summed E-state index contributed by atoms with van der Waals surface area (Å²) in [4.78, 5) is 17.6. The number of rotatable bonds is 5. The molecule has 0 radical (unpaired) electrons. The number of para-hydroxylation sites is 1. The lowest BCUT2D eigenvalue weighted by Crippen LogP contribution is -2.11. The quantitative estimate of drug-likeness (QED) is 0.762. The lowest BCUT2D eigenvalue weighted by Gasteiger charge is -2.00. The van der Waals surface area contributed by atoms with Crippen LogP contribution in [0.2, 0.25) is 0 Å². The zero-order chi connectivity index (χ0) is 13.8. The van der Waals surface area contributed by atoms with Crippen molar-refractivity contribution in [1.82, 2.24) is 4.98 Å². The summed E-state index contributed by atoms with van der Waals surface area (Å²) < 4.78 is 1.10. The second-order valence-electron chi connectivity index (χ2n) is 4.47. The molecule has 2 heterocycles. The normalized spacial score (nSPS) is 10.8. The molecular weight excluding hydrogens is 288 g/mol. The molecule has 20 heavy (non-hydrogen) atoms. The van der Waals surface area contributed by atoms with Crippen LogP contribution in [-0.4, -0.2) is 10.9 Å². The maximum absolute atomic E-state index is 11.9. The van der Waals surface area contributed by atoms with Gasteiger partial charge in [0.2, 0.25) is 5.91 Å². The Bertz CT molecular complexity index is 671. The number of aryl methyl sites for hydroxylation is 1. The summed E-state index contributed by atoms with van der Waals surface area (Å²) in [6.07, 6.45) is 2.37. The molecule has 1 amide bonds. The van der Waals surface area contributed by atoms with Crippen LogP contribution in [0.5, 0.6) is 0 Å². The summed E-state index contributed by atoms with van der Waals surface area (Å²) in [6, 6.07) is 12.1. The lowest BCUT2D eigenvalue weighted by atomic mass is 10.2. The van der Waals surface area contributed by atoms with E-state index in [4.69, 9.17) is 0 Å². The van der Waals surface area contributed by atoms with Crippen molar-refractivity contribution in [3.8, 4) is 0 Å². The highest BCUT2D eigenvalue weighted by Gasteiger charge is 2.07. The maximum Gasteiger partial charge on any atom is 0.226 e. The van der Waals surface area contributed by atoms with E-state index in [9.17, 15) is 4.79 Å². The third kappa shape index (κ3) is 3.23. The van der Waals surface area contributed by atoms with E-state index in [1.54, 1.807) is 11.3 Å². The van der Waals surface area contributed by atoms with Crippen LogP contribution >= 0.6 is 22.7 Å². The number of nitrogens with zero attached hydrogens (tertiary/aromatic N) is 1. The van der Waals surface area contributed by atoms with Gasteiger partial charge < -0.3 is 5.32 Å². The first-order chi connectivity index (χ1) is 9.81. The monoisotopic (exact) mass is 302 g/mol. The number of thiophene rings is 1. The molecule has 0 saturated heterocycles. The molecule has 102 valence electrons. The predicted molar refractivity (Wildman–Crippen MR) is 85.5 cm³/mol. The van der Waals surface area contributed by atoms with Gasteiger partial charge in [-0.3, -0.25) is 4.79 Å². The van der Waals surface area contributed by atoms with E-state index in [2.05, 4.69) is 21.7 Å². The van der Waals surface area contributed by atoms with E-state index >= 15 is 0 Å². The molecule has 0 atom stereocenters. The number of carbonyl (C=O) groups excluding carboxylic acids is 1. The van der Waals surface area contributed by atoms with Gasteiger partial charge in [0.05, 0.1) is 10.2 Å². The smallest absolute Gasteiger partial charge is 0.226 e. The molecule has 0 bridgehead atoms. The first-order valence-electron chi connectivity index (χ1n) is 6.49. The Balaban J connectivity index is 1.53. The van der Waals surface area contributed by atoms with Crippen molar-refractivity contribution >= 4 is 43.9 Å². The minimum atomic E-state index is 0.0422. The van der Waals surface area contributed by atoms with Gasteiger partial charge in [-0.15, -0.1) is 11.3 Å². The molecule has 0 unspecified atom stereocenters. The molecule has 0 aliphatic rings. The van der Waals surface area contributed by atoms with Gasteiger partial charge in [-0.25, -0.2) is 4.98 Å². The fraction of sp³-hybridized carbons (Fsp3) is 0.200. The van der Waals surface area contributed by atoms with Crippen LogP contribution in [0.4, 0.5) is 5.13 Å². The van der Waals surface area contributed by atoms with Gasteiger partial charge in [0.25, 0.3) is 0 Å². The van der Waals surface area contributed by atoms with E-state index in [0.29, 0.717) is 11.6 Å². The van der Waals surface area contributed by atoms with Gasteiger partial charge in [0.1, 0.15) is 0 Å². The zero-order valence-electron chi connectivity index (χ0n) is 10.8. The van der Waals surface area contributed by atoms with E-state index in [1.807, 2.05) is 30.3 Å². The zero-order valence-corrected chi connectivity index (χ0v) is 12.5. The van der Waals surface area contributed by atoms with Crippen molar-refractivity contribution in [1.29, 1.82) is 0 Å². The standard InChI is InChI=1S/C15H14N2OS2/c18-14(9-3-5-11-6-4-10-19-11)17-15-16-12-7-1-2-8-13(12)20-15/h1-2,4,6-8,10H,3,5,9H2,(H,16,17,18). The fourth-order valence-electron chi connectivity index (χ4n) is 1.99.